The van der Waals surface area contributed by atoms with Gasteiger partial charge in [0, 0.05) is 37.1 Å². The number of fused-ring (bicyclic) bond motifs is 2. The van der Waals surface area contributed by atoms with Gasteiger partial charge in [0.15, 0.2) is 0 Å². The van der Waals surface area contributed by atoms with Gasteiger partial charge < -0.3 is 4.90 Å². The number of likely N-dealkylation sites (N-methyl/N-ethyl adjacent to an activating group) is 1. The molecule has 0 aliphatic carbocycles. The summed E-state index contributed by atoms with van der Waals surface area (Å²) in [4.78, 5) is 6.81. The molecule has 1 aliphatic rings. The van der Waals surface area contributed by atoms with Crippen LogP contribution in [-0.4, -0.2) is 33.4 Å². The zero-order chi connectivity index (χ0) is 13.7. The topological polar surface area (TPSA) is 46.3 Å². The molecule has 0 saturated carbocycles. The lowest BCUT2D eigenvalue weighted by Gasteiger charge is -2.10. The third-order valence-electron chi connectivity index (χ3n) is 3.90. The molecule has 5 heteroatoms. The van der Waals surface area contributed by atoms with E-state index in [4.69, 9.17) is 0 Å². The molecule has 0 radical (unpaired) electrons. The Kier molecular flexibility index (Phi) is 2.30. The molecule has 4 rings (SSSR count). The Bertz CT molecular complexity index is 805. The van der Waals surface area contributed by atoms with Gasteiger partial charge in [-0.15, -0.1) is 0 Å². The average Bonchev–Trinajstić information content (AvgIpc) is 2.98. The van der Waals surface area contributed by atoms with Crippen molar-refractivity contribution >= 4 is 11.3 Å². The number of rotatable bonds is 1. The van der Waals surface area contributed by atoms with Crippen LogP contribution >= 0.6 is 0 Å². The Morgan fingerprint density at radius 3 is 3.10 bits per heavy atom. The molecule has 0 bridgehead atoms. The van der Waals surface area contributed by atoms with Gasteiger partial charge in [-0.3, -0.25) is 0 Å². The lowest BCUT2D eigenvalue weighted by molar-refractivity contribution is 0.787. The maximum atomic E-state index is 4.61. The van der Waals surface area contributed by atoms with Crippen molar-refractivity contribution in [2.24, 2.45) is 0 Å². The minimum atomic E-state index is 0.983. The highest BCUT2D eigenvalue weighted by molar-refractivity contribution is 5.82. The first kappa shape index (κ1) is 11.4. The average molecular weight is 265 g/mol. The summed E-state index contributed by atoms with van der Waals surface area (Å²) in [6.07, 6.45) is 4.75. The summed E-state index contributed by atoms with van der Waals surface area (Å²) in [6.45, 7) is 3.06. The Labute approximate surface area is 116 Å². The van der Waals surface area contributed by atoms with Gasteiger partial charge in [-0.05, 0) is 37.1 Å². The van der Waals surface area contributed by atoms with E-state index in [2.05, 4.69) is 33.2 Å². The highest BCUT2D eigenvalue weighted by Crippen LogP contribution is 2.32. The van der Waals surface area contributed by atoms with Crippen LogP contribution in [0.5, 0.6) is 0 Å². The van der Waals surface area contributed by atoms with Gasteiger partial charge in [-0.2, -0.15) is 14.8 Å². The Morgan fingerprint density at radius 2 is 2.20 bits per heavy atom. The predicted octanol–water partition coefficient (Wildman–Crippen LogP) is 2.09. The highest BCUT2D eigenvalue weighted by Gasteiger charge is 2.19. The predicted molar refractivity (Wildman–Crippen MR) is 77.9 cm³/mol. The minimum Gasteiger partial charge on any atom is -0.359 e. The van der Waals surface area contributed by atoms with Crippen molar-refractivity contribution in [1.29, 1.82) is 0 Å². The number of pyridine rings is 1. The van der Waals surface area contributed by atoms with Crippen molar-refractivity contribution in [1.82, 2.24) is 19.8 Å². The fourth-order valence-electron chi connectivity index (χ4n) is 2.92. The molecule has 1 aliphatic heterocycles. The fraction of sp³-hybridized carbons (Fsp3) is 0.267. The maximum Gasteiger partial charge on any atom is 0.131 e. The van der Waals surface area contributed by atoms with Crippen LogP contribution in [0.15, 0.2) is 30.6 Å². The molecular formula is C15H15N5. The number of aromatic nitrogens is 4. The minimum absolute atomic E-state index is 0.983. The summed E-state index contributed by atoms with van der Waals surface area (Å²) >= 11 is 0. The molecule has 0 atom stereocenters. The third kappa shape index (κ3) is 1.52. The number of nitrogens with zero attached hydrogens (tertiary/aromatic N) is 5. The summed E-state index contributed by atoms with van der Waals surface area (Å²) in [6, 6.07) is 6.22. The first-order valence-corrected chi connectivity index (χ1v) is 6.75. The number of hydrogen-bond donors (Lipinski definition) is 0. The van der Waals surface area contributed by atoms with Crippen LogP contribution in [0, 0.1) is 6.92 Å². The second kappa shape index (κ2) is 4.03. The van der Waals surface area contributed by atoms with Crippen LogP contribution < -0.4 is 4.90 Å². The van der Waals surface area contributed by atoms with Crippen LogP contribution in [-0.2, 0) is 6.42 Å². The van der Waals surface area contributed by atoms with Crippen LogP contribution in [0.4, 0.5) is 5.82 Å². The molecule has 20 heavy (non-hydrogen) atoms. The summed E-state index contributed by atoms with van der Waals surface area (Å²) in [7, 11) is 2.09. The van der Waals surface area contributed by atoms with Gasteiger partial charge >= 0.3 is 0 Å². The zero-order valence-corrected chi connectivity index (χ0v) is 11.5. The first-order valence-electron chi connectivity index (χ1n) is 6.75. The van der Waals surface area contributed by atoms with Crippen molar-refractivity contribution in [2.75, 3.05) is 18.5 Å². The second-order valence-corrected chi connectivity index (χ2v) is 5.24. The highest BCUT2D eigenvalue weighted by atomic mass is 15.4. The van der Waals surface area contributed by atoms with E-state index in [1.54, 1.807) is 10.8 Å². The lowest BCUT2D eigenvalue weighted by Crippen LogP contribution is -2.13. The van der Waals surface area contributed by atoms with Crippen molar-refractivity contribution in [3.05, 3.63) is 41.9 Å². The SMILES string of the molecule is Cc1nn2ncccc2c1-c1cnc2c(c1)CCN2C. The van der Waals surface area contributed by atoms with E-state index in [0.29, 0.717) is 0 Å². The molecule has 4 heterocycles. The van der Waals surface area contributed by atoms with E-state index in [1.165, 1.54) is 5.56 Å². The Hall–Kier alpha value is -2.43. The second-order valence-electron chi connectivity index (χ2n) is 5.24. The Balaban J connectivity index is 1.94. The molecule has 0 N–H and O–H groups in total. The summed E-state index contributed by atoms with van der Waals surface area (Å²) in [5.41, 5.74) is 5.57. The van der Waals surface area contributed by atoms with E-state index in [0.717, 1.165) is 41.1 Å². The van der Waals surface area contributed by atoms with E-state index in [1.807, 2.05) is 25.3 Å². The summed E-state index contributed by atoms with van der Waals surface area (Å²) in [5.74, 6) is 1.10. The molecule has 5 nitrogen and oxygen atoms in total. The largest absolute Gasteiger partial charge is 0.359 e. The molecule has 0 unspecified atom stereocenters. The van der Waals surface area contributed by atoms with Gasteiger partial charge in [0.2, 0.25) is 0 Å². The standard InChI is InChI=1S/C15H15N5/c1-10-14(13-4-3-6-17-20(13)18-10)12-8-11-5-7-19(2)15(11)16-9-12/h3-4,6,8-9H,5,7H2,1-2H3. The van der Waals surface area contributed by atoms with Crippen LogP contribution in [0.25, 0.3) is 16.6 Å². The molecule has 0 aromatic carbocycles. The van der Waals surface area contributed by atoms with E-state index >= 15 is 0 Å². The van der Waals surface area contributed by atoms with Crippen LogP contribution in [0.2, 0.25) is 0 Å². The number of anilines is 1. The number of hydrogen-bond acceptors (Lipinski definition) is 4. The molecule has 3 aromatic rings. The van der Waals surface area contributed by atoms with Crippen molar-refractivity contribution < 1.29 is 0 Å². The van der Waals surface area contributed by atoms with Gasteiger partial charge in [0.05, 0.1) is 11.2 Å². The molecule has 3 aromatic heterocycles. The quantitative estimate of drug-likeness (QED) is 0.676. The normalized spacial score (nSPS) is 14.0. The zero-order valence-electron chi connectivity index (χ0n) is 11.5. The van der Waals surface area contributed by atoms with Crippen LogP contribution in [0.3, 0.4) is 0 Å². The molecule has 0 saturated heterocycles. The van der Waals surface area contributed by atoms with Gasteiger partial charge in [-0.1, -0.05) is 0 Å². The lowest BCUT2D eigenvalue weighted by atomic mass is 10.0. The molecule has 0 fully saturated rings. The monoisotopic (exact) mass is 265 g/mol. The molecule has 0 amide bonds. The van der Waals surface area contributed by atoms with Gasteiger partial charge in [0.1, 0.15) is 5.82 Å². The third-order valence-corrected chi connectivity index (χ3v) is 3.90. The smallest absolute Gasteiger partial charge is 0.131 e. The van der Waals surface area contributed by atoms with Gasteiger partial charge in [0.25, 0.3) is 0 Å². The summed E-state index contributed by atoms with van der Waals surface area (Å²) in [5, 5.41) is 8.72. The van der Waals surface area contributed by atoms with E-state index < -0.39 is 0 Å². The van der Waals surface area contributed by atoms with Crippen LogP contribution in [0.1, 0.15) is 11.3 Å². The van der Waals surface area contributed by atoms with Gasteiger partial charge in [-0.25, -0.2) is 4.98 Å². The fourth-order valence-corrected chi connectivity index (χ4v) is 2.92. The van der Waals surface area contributed by atoms with Crippen molar-refractivity contribution in [2.45, 2.75) is 13.3 Å². The van der Waals surface area contributed by atoms with Crippen molar-refractivity contribution in [3.63, 3.8) is 0 Å². The van der Waals surface area contributed by atoms with E-state index in [9.17, 15) is 0 Å². The molecular weight excluding hydrogens is 250 g/mol. The van der Waals surface area contributed by atoms with E-state index in [-0.39, 0.29) is 0 Å². The molecule has 0 spiro atoms. The first-order chi connectivity index (χ1) is 9.74. The number of aryl methyl sites for hydroxylation is 1. The van der Waals surface area contributed by atoms with Crippen molar-refractivity contribution in [3.8, 4) is 11.1 Å². The maximum absolute atomic E-state index is 4.61. The summed E-state index contributed by atoms with van der Waals surface area (Å²) < 4.78 is 1.68. The molecule has 100 valence electrons. The Morgan fingerprint density at radius 1 is 1.30 bits per heavy atom.